The van der Waals surface area contributed by atoms with Gasteiger partial charge >= 0.3 is 0 Å². The number of hydrogen-bond donors (Lipinski definition) is 0. The van der Waals surface area contributed by atoms with Crippen LogP contribution >= 0.6 is 15.9 Å². The molecule has 2 rings (SSSR count). The van der Waals surface area contributed by atoms with Crippen LogP contribution in [0.4, 0.5) is 8.78 Å². The van der Waals surface area contributed by atoms with Gasteiger partial charge in [-0.2, -0.15) is 0 Å². The van der Waals surface area contributed by atoms with Crippen molar-refractivity contribution in [3.63, 3.8) is 0 Å². The number of halogens is 3. The van der Waals surface area contributed by atoms with Gasteiger partial charge in [0.05, 0.1) is 10.0 Å². The van der Waals surface area contributed by atoms with Crippen LogP contribution in [0.5, 0.6) is 0 Å². The highest BCUT2D eigenvalue weighted by Gasteiger charge is 2.15. The molecule has 19 heavy (non-hydrogen) atoms. The number of aryl methyl sites for hydroxylation is 1. The summed E-state index contributed by atoms with van der Waals surface area (Å²) in [4.78, 5) is 12.0. The van der Waals surface area contributed by atoms with Crippen LogP contribution in [-0.2, 0) is 6.42 Å². The van der Waals surface area contributed by atoms with Crippen molar-refractivity contribution in [2.75, 3.05) is 0 Å². The Labute approximate surface area is 118 Å². The summed E-state index contributed by atoms with van der Waals surface area (Å²) in [5, 5.41) is 0. The van der Waals surface area contributed by atoms with Crippen LogP contribution in [0.3, 0.4) is 0 Å². The third-order valence-corrected chi connectivity index (χ3v) is 3.37. The molecule has 2 aromatic carbocycles. The van der Waals surface area contributed by atoms with E-state index in [1.165, 1.54) is 0 Å². The number of benzene rings is 2. The fraction of sp³-hybridized carbons (Fsp3) is 0.133. The maximum Gasteiger partial charge on any atom is 0.170 e. The fourth-order valence-electron chi connectivity index (χ4n) is 1.84. The first-order chi connectivity index (χ1) is 8.97. The van der Waals surface area contributed by atoms with Crippen molar-refractivity contribution in [3.8, 4) is 0 Å². The third kappa shape index (κ3) is 3.26. The summed E-state index contributed by atoms with van der Waals surface area (Å²) in [6.45, 7) is 1.91. The van der Waals surface area contributed by atoms with Crippen molar-refractivity contribution in [1.82, 2.24) is 0 Å². The molecule has 0 spiro atoms. The van der Waals surface area contributed by atoms with Gasteiger partial charge in [-0.1, -0.05) is 29.8 Å². The number of rotatable bonds is 3. The van der Waals surface area contributed by atoms with E-state index in [0.29, 0.717) is 0 Å². The summed E-state index contributed by atoms with van der Waals surface area (Å²) in [5.74, 6) is -1.80. The summed E-state index contributed by atoms with van der Waals surface area (Å²) in [6.07, 6.45) is 0.0552. The molecule has 1 nitrogen and oxygen atoms in total. The monoisotopic (exact) mass is 324 g/mol. The highest BCUT2D eigenvalue weighted by molar-refractivity contribution is 9.10. The van der Waals surface area contributed by atoms with Crippen molar-refractivity contribution < 1.29 is 13.6 Å². The van der Waals surface area contributed by atoms with Gasteiger partial charge in [-0.05, 0) is 40.5 Å². The summed E-state index contributed by atoms with van der Waals surface area (Å²) in [6, 6.07) is 9.28. The summed E-state index contributed by atoms with van der Waals surface area (Å²) < 4.78 is 27.0. The average Bonchev–Trinajstić information content (AvgIpc) is 2.33. The second-order valence-corrected chi connectivity index (χ2v) is 5.19. The van der Waals surface area contributed by atoms with E-state index < -0.39 is 17.4 Å². The zero-order chi connectivity index (χ0) is 14.0. The van der Waals surface area contributed by atoms with E-state index in [1.807, 2.05) is 25.1 Å². The van der Waals surface area contributed by atoms with Gasteiger partial charge in [-0.15, -0.1) is 0 Å². The van der Waals surface area contributed by atoms with Crippen LogP contribution < -0.4 is 0 Å². The van der Waals surface area contributed by atoms with Gasteiger partial charge in [0.1, 0.15) is 11.6 Å². The molecule has 0 saturated heterocycles. The molecule has 0 N–H and O–H groups in total. The van der Waals surface area contributed by atoms with Crippen LogP contribution in [0.15, 0.2) is 40.9 Å². The maximum atomic E-state index is 13.6. The van der Waals surface area contributed by atoms with E-state index >= 15 is 0 Å². The second-order valence-electron chi connectivity index (χ2n) is 4.34. The molecule has 0 atom stereocenters. The Kier molecular flexibility index (Phi) is 4.10. The first-order valence-electron chi connectivity index (χ1n) is 5.70. The highest BCUT2D eigenvalue weighted by atomic mass is 79.9. The predicted molar refractivity (Wildman–Crippen MR) is 73.3 cm³/mol. The molecule has 0 saturated carbocycles. The molecule has 0 aliphatic carbocycles. The van der Waals surface area contributed by atoms with Crippen LogP contribution in [0, 0.1) is 18.6 Å². The molecular formula is C15H11BrF2O. The summed E-state index contributed by atoms with van der Waals surface area (Å²) in [5.41, 5.74) is 1.59. The Hall–Kier alpha value is -1.55. The van der Waals surface area contributed by atoms with E-state index in [1.54, 1.807) is 6.07 Å². The number of hydrogen-bond acceptors (Lipinski definition) is 1. The van der Waals surface area contributed by atoms with Gasteiger partial charge in [0.15, 0.2) is 5.78 Å². The second kappa shape index (κ2) is 5.61. The minimum atomic E-state index is -0.717. The summed E-state index contributed by atoms with van der Waals surface area (Å²) in [7, 11) is 0. The largest absolute Gasteiger partial charge is 0.294 e. The molecule has 0 amide bonds. The lowest BCUT2D eigenvalue weighted by Crippen LogP contribution is -2.07. The zero-order valence-electron chi connectivity index (χ0n) is 10.2. The van der Waals surface area contributed by atoms with Gasteiger partial charge in [0.25, 0.3) is 0 Å². The smallest absolute Gasteiger partial charge is 0.170 e. The lowest BCUT2D eigenvalue weighted by molar-refractivity contribution is 0.0988. The molecule has 98 valence electrons. The first-order valence-corrected chi connectivity index (χ1v) is 6.50. The zero-order valence-corrected chi connectivity index (χ0v) is 11.8. The Balaban J connectivity index is 2.28. The highest BCUT2D eigenvalue weighted by Crippen LogP contribution is 2.21. The molecule has 2 aromatic rings. The van der Waals surface area contributed by atoms with E-state index in [0.717, 1.165) is 23.3 Å². The predicted octanol–water partition coefficient (Wildman–Crippen LogP) is 4.46. The molecule has 0 aliphatic heterocycles. The molecular weight excluding hydrogens is 314 g/mol. The standard InChI is InChI=1S/C15H11BrF2O/c1-9-3-2-4-10(5-9)6-15(19)11-7-14(18)12(16)8-13(11)17/h2-5,7-8H,6H2,1H3. The molecule has 0 aromatic heterocycles. The first kappa shape index (κ1) is 13.9. The lowest BCUT2D eigenvalue weighted by Gasteiger charge is -2.05. The Morgan fingerprint density at radius 2 is 1.89 bits per heavy atom. The van der Waals surface area contributed by atoms with Crippen molar-refractivity contribution in [3.05, 3.63) is 69.2 Å². The van der Waals surface area contributed by atoms with Gasteiger partial charge in [-0.3, -0.25) is 4.79 Å². The molecule has 4 heteroatoms. The van der Waals surface area contributed by atoms with Crippen molar-refractivity contribution >= 4 is 21.7 Å². The van der Waals surface area contributed by atoms with E-state index in [9.17, 15) is 13.6 Å². The Morgan fingerprint density at radius 1 is 1.16 bits per heavy atom. The number of carbonyl (C=O) groups is 1. The molecule has 0 aliphatic rings. The van der Waals surface area contributed by atoms with Gasteiger partial charge in [0, 0.05) is 6.42 Å². The lowest BCUT2D eigenvalue weighted by atomic mass is 10.0. The molecule has 0 unspecified atom stereocenters. The molecule has 0 heterocycles. The number of Topliss-reactive ketones (excluding diaryl/α,β-unsaturated/α-hetero) is 1. The van der Waals surface area contributed by atoms with Crippen LogP contribution in [0.25, 0.3) is 0 Å². The number of ketones is 1. The number of carbonyl (C=O) groups excluding carboxylic acids is 1. The minimum absolute atomic E-state index is 0.0112. The van der Waals surface area contributed by atoms with Crippen molar-refractivity contribution in [2.45, 2.75) is 13.3 Å². The SMILES string of the molecule is Cc1cccc(CC(=O)c2cc(F)c(Br)cc2F)c1. The fourth-order valence-corrected chi connectivity index (χ4v) is 2.15. The topological polar surface area (TPSA) is 17.1 Å². The van der Waals surface area contributed by atoms with E-state index in [2.05, 4.69) is 15.9 Å². The van der Waals surface area contributed by atoms with E-state index in [4.69, 9.17) is 0 Å². The van der Waals surface area contributed by atoms with Gasteiger partial charge in [0.2, 0.25) is 0 Å². The van der Waals surface area contributed by atoms with Crippen LogP contribution in [-0.4, -0.2) is 5.78 Å². The average molecular weight is 325 g/mol. The van der Waals surface area contributed by atoms with Crippen LogP contribution in [0.1, 0.15) is 21.5 Å². The maximum absolute atomic E-state index is 13.6. The Bertz CT molecular complexity index is 638. The molecule has 0 bridgehead atoms. The normalized spacial score (nSPS) is 10.5. The van der Waals surface area contributed by atoms with Gasteiger partial charge in [-0.25, -0.2) is 8.78 Å². The quantitative estimate of drug-likeness (QED) is 0.601. The van der Waals surface area contributed by atoms with E-state index in [-0.39, 0.29) is 16.5 Å². The third-order valence-electron chi connectivity index (χ3n) is 2.76. The van der Waals surface area contributed by atoms with Gasteiger partial charge < -0.3 is 0 Å². The van der Waals surface area contributed by atoms with Crippen molar-refractivity contribution in [1.29, 1.82) is 0 Å². The van der Waals surface area contributed by atoms with Crippen LogP contribution in [0.2, 0.25) is 0 Å². The van der Waals surface area contributed by atoms with Crippen molar-refractivity contribution in [2.24, 2.45) is 0 Å². The Morgan fingerprint density at radius 3 is 2.58 bits per heavy atom. The molecule has 0 radical (unpaired) electrons. The minimum Gasteiger partial charge on any atom is -0.294 e. The summed E-state index contributed by atoms with van der Waals surface area (Å²) >= 11 is 2.88. The molecule has 0 fully saturated rings.